The molecule has 2 aromatic rings. The summed E-state index contributed by atoms with van der Waals surface area (Å²) in [6.07, 6.45) is -0.912. The number of aliphatic hydroxyl groups excluding tert-OH is 1. The summed E-state index contributed by atoms with van der Waals surface area (Å²) in [6.45, 7) is 5.77. The topological polar surface area (TPSA) is 20.2 Å². The Bertz CT molecular complexity index is 524. The van der Waals surface area contributed by atoms with Gasteiger partial charge in [0.2, 0.25) is 0 Å². The highest BCUT2D eigenvalue weighted by Gasteiger charge is 2.17. The first kappa shape index (κ1) is 12.8. The van der Waals surface area contributed by atoms with Gasteiger partial charge in [0.15, 0.2) is 0 Å². The molecule has 0 radical (unpaired) electrons. The zero-order valence-corrected chi connectivity index (χ0v) is 10.9. The van der Waals surface area contributed by atoms with Gasteiger partial charge in [-0.15, -0.1) is 0 Å². The Labute approximate surface area is 107 Å². The molecule has 1 N–H and O–H groups in total. The monoisotopic (exact) mass is 244 g/mol. The first-order valence-corrected chi connectivity index (χ1v) is 6.00. The van der Waals surface area contributed by atoms with Crippen LogP contribution in [0.4, 0.5) is 4.39 Å². The van der Waals surface area contributed by atoms with Gasteiger partial charge in [0, 0.05) is 5.56 Å². The molecule has 0 bridgehead atoms. The molecule has 18 heavy (non-hydrogen) atoms. The average Bonchev–Trinajstić information content (AvgIpc) is 2.34. The first-order valence-electron chi connectivity index (χ1n) is 6.00. The van der Waals surface area contributed by atoms with Crippen molar-refractivity contribution in [3.63, 3.8) is 0 Å². The Kier molecular flexibility index (Phi) is 3.48. The second kappa shape index (κ2) is 4.91. The fourth-order valence-corrected chi connectivity index (χ4v) is 2.09. The largest absolute Gasteiger partial charge is 0.384 e. The molecular weight excluding hydrogens is 227 g/mol. The molecule has 0 aliphatic carbocycles. The molecule has 2 rings (SSSR count). The maximum Gasteiger partial charge on any atom is 0.129 e. The maximum atomic E-state index is 13.8. The van der Waals surface area contributed by atoms with Crippen LogP contribution in [0.5, 0.6) is 0 Å². The van der Waals surface area contributed by atoms with E-state index in [9.17, 15) is 9.50 Å². The van der Waals surface area contributed by atoms with E-state index in [1.807, 2.05) is 39.0 Å². The number of hydrogen-bond acceptors (Lipinski definition) is 1. The van der Waals surface area contributed by atoms with Crippen molar-refractivity contribution in [1.82, 2.24) is 0 Å². The second-order valence-electron chi connectivity index (χ2n) is 4.79. The van der Waals surface area contributed by atoms with Crippen LogP contribution in [0, 0.1) is 26.6 Å². The van der Waals surface area contributed by atoms with Gasteiger partial charge in [-0.05, 0) is 38.0 Å². The number of benzene rings is 2. The van der Waals surface area contributed by atoms with Gasteiger partial charge >= 0.3 is 0 Å². The third kappa shape index (κ3) is 2.44. The van der Waals surface area contributed by atoms with E-state index in [0.717, 1.165) is 22.3 Å². The van der Waals surface area contributed by atoms with E-state index in [4.69, 9.17) is 0 Å². The second-order valence-corrected chi connectivity index (χ2v) is 4.79. The molecule has 0 saturated carbocycles. The van der Waals surface area contributed by atoms with Crippen molar-refractivity contribution in [1.29, 1.82) is 0 Å². The number of hydrogen-bond donors (Lipinski definition) is 1. The van der Waals surface area contributed by atoms with Crippen LogP contribution in [-0.2, 0) is 0 Å². The number of rotatable bonds is 2. The van der Waals surface area contributed by atoms with Crippen LogP contribution in [0.3, 0.4) is 0 Å². The van der Waals surface area contributed by atoms with Crippen LogP contribution in [0.1, 0.15) is 33.9 Å². The summed E-state index contributed by atoms with van der Waals surface area (Å²) in [5.74, 6) is -0.367. The zero-order chi connectivity index (χ0) is 13.3. The molecule has 1 unspecified atom stereocenters. The average molecular weight is 244 g/mol. The lowest BCUT2D eigenvalue weighted by molar-refractivity contribution is 0.214. The van der Waals surface area contributed by atoms with Gasteiger partial charge in [0.25, 0.3) is 0 Å². The maximum absolute atomic E-state index is 13.8. The molecular formula is C16H17FO. The molecule has 0 aromatic heterocycles. The van der Waals surface area contributed by atoms with E-state index in [0.29, 0.717) is 5.56 Å². The van der Waals surface area contributed by atoms with E-state index in [1.165, 1.54) is 6.07 Å². The van der Waals surface area contributed by atoms with Gasteiger partial charge in [-0.1, -0.05) is 41.5 Å². The quantitative estimate of drug-likeness (QED) is 0.851. The van der Waals surface area contributed by atoms with Gasteiger partial charge in [0.1, 0.15) is 11.9 Å². The van der Waals surface area contributed by atoms with Crippen molar-refractivity contribution >= 4 is 0 Å². The van der Waals surface area contributed by atoms with E-state index >= 15 is 0 Å². The van der Waals surface area contributed by atoms with Crippen LogP contribution >= 0.6 is 0 Å². The summed E-state index contributed by atoms with van der Waals surface area (Å²) >= 11 is 0. The van der Waals surface area contributed by atoms with Gasteiger partial charge in [0.05, 0.1) is 0 Å². The van der Waals surface area contributed by atoms with Crippen LogP contribution < -0.4 is 0 Å². The van der Waals surface area contributed by atoms with Crippen molar-refractivity contribution in [2.45, 2.75) is 26.9 Å². The molecule has 2 aromatic carbocycles. The van der Waals surface area contributed by atoms with Crippen molar-refractivity contribution in [2.24, 2.45) is 0 Å². The molecule has 0 aliphatic heterocycles. The third-order valence-electron chi connectivity index (χ3n) is 3.18. The summed E-state index contributed by atoms with van der Waals surface area (Å²) in [7, 11) is 0. The molecule has 0 heterocycles. The van der Waals surface area contributed by atoms with Crippen LogP contribution in [-0.4, -0.2) is 5.11 Å². The van der Waals surface area contributed by atoms with Crippen molar-refractivity contribution < 1.29 is 9.50 Å². The molecule has 0 aliphatic rings. The summed E-state index contributed by atoms with van der Waals surface area (Å²) in [5.41, 5.74) is 4.07. The van der Waals surface area contributed by atoms with Crippen molar-refractivity contribution in [3.8, 4) is 0 Å². The predicted octanol–water partition coefficient (Wildman–Crippen LogP) is 3.83. The highest BCUT2D eigenvalue weighted by molar-refractivity contribution is 5.39. The minimum atomic E-state index is -0.912. The Morgan fingerprint density at radius 1 is 0.889 bits per heavy atom. The fourth-order valence-electron chi connectivity index (χ4n) is 2.09. The highest BCUT2D eigenvalue weighted by Crippen LogP contribution is 2.28. The van der Waals surface area contributed by atoms with E-state index in [-0.39, 0.29) is 5.82 Å². The molecule has 0 spiro atoms. The van der Waals surface area contributed by atoms with Gasteiger partial charge in [-0.25, -0.2) is 4.39 Å². The highest BCUT2D eigenvalue weighted by atomic mass is 19.1. The third-order valence-corrected chi connectivity index (χ3v) is 3.18. The number of aliphatic hydroxyl groups is 1. The summed E-state index contributed by atoms with van der Waals surface area (Å²) < 4.78 is 13.8. The number of aryl methyl sites for hydroxylation is 3. The molecule has 1 atom stereocenters. The summed E-state index contributed by atoms with van der Waals surface area (Å²) in [4.78, 5) is 0. The van der Waals surface area contributed by atoms with Crippen molar-refractivity contribution in [3.05, 3.63) is 70.0 Å². The van der Waals surface area contributed by atoms with Crippen LogP contribution in [0.15, 0.2) is 36.4 Å². The van der Waals surface area contributed by atoms with Gasteiger partial charge in [-0.2, -0.15) is 0 Å². The minimum absolute atomic E-state index is 0.337. The normalized spacial score (nSPS) is 12.5. The lowest BCUT2D eigenvalue weighted by Gasteiger charge is -2.16. The van der Waals surface area contributed by atoms with Crippen molar-refractivity contribution in [2.75, 3.05) is 0 Å². The zero-order valence-electron chi connectivity index (χ0n) is 10.9. The minimum Gasteiger partial charge on any atom is -0.384 e. The Hall–Kier alpha value is -1.67. The molecule has 0 fully saturated rings. The lowest BCUT2D eigenvalue weighted by Crippen LogP contribution is -2.05. The summed E-state index contributed by atoms with van der Waals surface area (Å²) in [5, 5.41) is 10.4. The lowest BCUT2D eigenvalue weighted by atomic mass is 9.95. The Morgan fingerprint density at radius 2 is 1.44 bits per heavy atom. The van der Waals surface area contributed by atoms with Crippen LogP contribution in [0.2, 0.25) is 0 Å². The standard InChI is InChI=1S/C16H17FO/c1-10-4-6-12(3)13(8-10)16(18)14-9-11(2)5-7-15(14)17/h4-9,16,18H,1-3H3. The molecule has 94 valence electrons. The summed E-state index contributed by atoms with van der Waals surface area (Å²) in [6, 6.07) is 10.6. The van der Waals surface area contributed by atoms with E-state index in [1.54, 1.807) is 12.1 Å². The van der Waals surface area contributed by atoms with Crippen LogP contribution in [0.25, 0.3) is 0 Å². The first-order chi connectivity index (χ1) is 8.49. The van der Waals surface area contributed by atoms with E-state index < -0.39 is 6.10 Å². The molecule has 1 nitrogen and oxygen atoms in total. The Morgan fingerprint density at radius 3 is 2.11 bits per heavy atom. The van der Waals surface area contributed by atoms with E-state index in [2.05, 4.69) is 0 Å². The molecule has 0 amide bonds. The predicted molar refractivity (Wildman–Crippen MR) is 71.1 cm³/mol. The van der Waals surface area contributed by atoms with Gasteiger partial charge < -0.3 is 5.11 Å². The smallest absolute Gasteiger partial charge is 0.129 e. The Balaban J connectivity index is 2.50. The molecule has 0 saturated heterocycles. The molecule has 2 heteroatoms. The van der Waals surface area contributed by atoms with Gasteiger partial charge in [-0.3, -0.25) is 0 Å². The fraction of sp³-hybridized carbons (Fsp3) is 0.250. The SMILES string of the molecule is Cc1ccc(C)c(C(O)c2cc(C)ccc2F)c1. The number of halogens is 1.